The number of carbonyl (C=O) groups is 1. The number of hydrogen-bond donors (Lipinski definition) is 2. The van der Waals surface area contributed by atoms with E-state index in [-0.39, 0.29) is 47.3 Å². The third-order valence-electron chi connectivity index (χ3n) is 7.90. The van der Waals surface area contributed by atoms with Crippen molar-refractivity contribution in [3.63, 3.8) is 0 Å². The molecule has 1 fully saturated rings. The minimum Gasteiger partial charge on any atom is -0.482 e. The summed E-state index contributed by atoms with van der Waals surface area (Å²) in [6, 6.07) is 10.9. The second-order valence-corrected chi connectivity index (χ2v) is 11.0. The first-order valence-electron chi connectivity index (χ1n) is 13.2. The van der Waals surface area contributed by atoms with Gasteiger partial charge in [-0.05, 0) is 42.7 Å². The normalized spacial score (nSPS) is 20.2. The van der Waals surface area contributed by atoms with Gasteiger partial charge in [-0.25, -0.2) is 14.6 Å². The fourth-order valence-corrected chi connectivity index (χ4v) is 6.04. The lowest BCUT2D eigenvalue weighted by Crippen LogP contribution is -2.27. The number of hydrogen-bond acceptors (Lipinski definition) is 7. The third-order valence-corrected chi connectivity index (χ3v) is 8.14. The standard InChI is InChI=1S/C28H18ClF3N8O3/c29-13-2-4-20(39-10-22(37-38-39)28(30,31)32)16(6-13)18-8-24(42)40-25(14-7-15(14)27(40)36-18)26-33-9-19(35-26)12-1-3-17-21(5-12)43-11-23(41)34-17/h1-6,8-10,14-15,25H,7,11H2,(H,33,35)(H,34,41). The summed E-state index contributed by atoms with van der Waals surface area (Å²) in [6.45, 7) is -0.0609. The van der Waals surface area contributed by atoms with Crippen LogP contribution in [0.15, 0.2) is 59.7 Å². The Morgan fingerprint density at radius 1 is 1.09 bits per heavy atom. The molecule has 8 rings (SSSR count). The Hall–Kier alpha value is -4.98. The van der Waals surface area contributed by atoms with Crippen LogP contribution in [0.4, 0.5) is 18.9 Å². The van der Waals surface area contributed by atoms with E-state index in [1.165, 1.54) is 24.3 Å². The third kappa shape index (κ3) is 4.20. The Labute approximate surface area is 244 Å². The molecule has 0 saturated heterocycles. The highest BCUT2D eigenvalue weighted by atomic mass is 35.5. The maximum absolute atomic E-state index is 13.6. The van der Waals surface area contributed by atoms with E-state index in [0.29, 0.717) is 33.7 Å². The molecule has 43 heavy (non-hydrogen) atoms. The van der Waals surface area contributed by atoms with Gasteiger partial charge in [0, 0.05) is 28.1 Å². The van der Waals surface area contributed by atoms with Gasteiger partial charge in [0.05, 0.1) is 41.2 Å². The zero-order valence-corrected chi connectivity index (χ0v) is 22.5. The van der Waals surface area contributed by atoms with Gasteiger partial charge in [0.2, 0.25) is 0 Å². The Bertz CT molecular complexity index is 2030. The minimum absolute atomic E-state index is 0.0257. The van der Waals surface area contributed by atoms with Gasteiger partial charge in [-0.3, -0.25) is 14.2 Å². The maximum Gasteiger partial charge on any atom is 0.436 e. The molecule has 0 bridgehead atoms. The molecule has 3 atom stereocenters. The number of halogens is 4. The van der Waals surface area contributed by atoms with Crippen LogP contribution < -0.4 is 15.6 Å². The molecule has 3 unspecified atom stereocenters. The van der Waals surface area contributed by atoms with Crippen molar-refractivity contribution >= 4 is 23.2 Å². The number of ether oxygens (including phenoxy) is 1. The quantitative estimate of drug-likeness (QED) is 0.306. The fourth-order valence-electron chi connectivity index (χ4n) is 5.87. The number of alkyl halides is 3. The smallest absolute Gasteiger partial charge is 0.436 e. The number of aromatic nitrogens is 7. The molecule has 15 heteroatoms. The number of rotatable bonds is 4. The van der Waals surface area contributed by atoms with Crippen LogP contribution in [0, 0.1) is 5.92 Å². The number of nitrogens with one attached hydrogen (secondary N) is 2. The van der Waals surface area contributed by atoms with E-state index in [2.05, 4.69) is 25.6 Å². The van der Waals surface area contributed by atoms with E-state index in [4.69, 9.17) is 21.3 Å². The Balaban J connectivity index is 1.15. The molecule has 11 nitrogen and oxygen atoms in total. The second kappa shape index (κ2) is 9.01. The highest BCUT2D eigenvalue weighted by Gasteiger charge is 2.55. The maximum atomic E-state index is 13.6. The van der Waals surface area contributed by atoms with Gasteiger partial charge in [-0.15, -0.1) is 5.10 Å². The molecule has 3 aromatic heterocycles. The summed E-state index contributed by atoms with van der Waals surface area (Å²) < 4.78 is 47.7. The Morgan fingerprint density at radius 2 is 1.95 bits per heavy atom. The van der Waals surface area contributed by atoms with Crippen molar-refractivity contribution in [3.05, 3.63) is 87.6 Å². The van der Waals surface area contributed by atoms with Crippen molar-refractivity contribution in [2.24, 2.45) is 5.92 Å². The summed E-state index contributed by atoms with van der Waals surface area (Å²) >= 11 is 6.25. The summed E-state index contributed by atoms with van der Waals surface area (Å²) in [5.74, 6) is 1.66. The Kier molecular flexibility index (Phi) is 5.39. The van der Waals surface area contributed by atoms with Gasteiger partial charge in [-0.2, -0.15) is 13.2 Å². The number of fused-ring (bicyclic) bond motifs is 4. The van der Waals surface area contributed by atoms with Crippen LogP contribution in [0.5, 0.6) is 5.75 Å². The summed E-state index contributed by atoms with van der Waals surface area (Å²) in [4.78, 5) is 37.9. The van der Waals surface area contributed by atoms with E-state index in [0.717, 1.165) is 28.6 Å². The molecule has 216 valence electrons. The van der Waals surface area contributed by atoms with E-state index in [1.807, 2.05) is 12.1 Å². The van der Waals surface area contributed by atoms with E-state index in [1.54, 1.807) is 16.8 Å². The number of carbonyl (C=O) groups excluding carboxylic acids is 1. The second-order valence-electron chi connectivity index (χ2n) is 10.6. The topological polar surface area (TPSA) is 133 Å². The average molecular weight is 607 g/mol. The number of benzene rings is 2. The van der Waals surface area contributed by atoms with Crippen molar-refractivity contribution in [3.8, 4) is 34.0 Å². The van der Waals surface area contributed by atoms with Crippen LogP contribution in [-0.4, -0.2) is 47.0 Å². The molecule has 1 saturated carbocycles. The molecular weight excluding hydrogens is 589 g/mol. The van der Waals surface area contributed by atoms with Crippen LogP contribution in [0.3, 0.4) is 0 Å². The van der Waals surface area contributed by atoms with E-state index in [9.17, 15) is 22.8 Å². The van der Waals surface area contributed by atoms with Crippen LogP contribution >= 0.6 is 11.6 Å². The number of nitrogens with zero attached hydrogens (tertiary/aromatic N) is 6. The molecule has 5 aromatic rings. The van der Waals surface area contributed by atoms with E-state index >= 15 is 0 Å². The minimum atomic E-state index is -4.66. The summed E-state index contributed by atoms with van der Waals surface area (Å²) in [5.41, 5.74) is 1.50. The molecule has 2 N–H and O–H groups in total. The highest BCUT2D eigenvalue weighted by Crippen LogP contribution is 2.59. The fraction of sp³-hybridized carbons (Fsp3) is 0.214. The first kappa shape index (κ1) is 25.7. The number of imidazole rings is 1. The molecule has 0 radical (unpaired) electrons. The Morgan fingerprint density at radius 3 is 2.77 bits per heavy atom. The van der Waals surface area contributed by atoms with E-state index < -0.39 is 11.9 Å². The van der Waals surface area contributed by atoms with Crippen LogP contribution in [-0.2, 0) is 11.0 Å². The van der Waals surface area contributed by atoms with Crippen LogP contribution in [0.25, 0.3) is 28.2 Å². The molecule has 3 aliphatic rings. The monoisotopic (exact) mass is 606 g/mol. The molecule has 1 aliphatic carbocycles. The van der Waals surface area contributed by atoms with Gasteiger partial charge < -0.3 is 15.0 Å². The molecule has 2 aliphatic heterocycles. The van der Waals surface area contributed by atoms with Crippen molar-refractivity contribution in [2.45, 2.75) is 24.6 Å². The molecule has 2 aromatic carbocycles. The molecule has 1 amide bonds. The van der Waals surface area contributed by atoms with Gasteiger partial charge >= 0.3 is 6.18 Å². The van der Waals surface area contributed by atoms with Crippen molar-refractivity contribution < 1.29 is 22.7 Å². The molecule has 5 heterocycles. The molecular formula is C28H18ClF3N8O3. The first-order chi connectivity index (χ1) is 20.6. The zero-order chi connectivity index (χ0) is 29.6. The predicted molar refractivity (Wildman–Crippen MR) is 146 cm³/mol. The summed E-state index contributed by atoms with van der Waals surface area (Å²) in [6.07, 6.45) is -1.39. The summed E-state index contributed by atoms with van der Waals surface area (Å²) in [5, 5.41) is 9.97. The highest BCUT2D eigenvalue weighted by molar-refractivity contribution is 6.31. The lowest BCUT2D eigenvalue weighted by atomic mass is 10.1. The first-order valence-corrected chi connectivity index (χ1v) is 13.6. The number of amides is 1. The van der Waals surface area contributed by atoms with Gasteiger partial charge in [0.1, 0.15) is 17.4 Å². The predicted octanol–water partition coefficient (Wildman–Crippen LogP) is 4.59. The van der Waals surface area contributed by atoms with Gasteiger partial charge in [-0.1, -0.05) is 22.9 Å². The van der Waals surface area contributed by atoms with Crippen molar-refractivity contribution in [1.29, 1.82) is 0 Å². The zero-order valence-electron chi connectivity index (χ0n) is 21.8. The van der Waals surface area contributed by atoms with Gasteiger partial charge in [0.25, 0.3) is 11.5 Å². The SMILES string of the molecule is O=C1COc2cc(-c3cnc(C4C5CC5c5nc(-c6cc(Cl)ccc6-n6cc(C(F)(F)F)nn6)cc(=O)n54)[nH]3)ccc2N1. The average Bonchev–Trinajstić information content (AvgIpc) is 3.30. The number of aromatic amines is 1. The van der Waals surface area contributed by atoms with Crippen molar-refractivity contribution in [1.82, 2.24) is 34.5 Å². The lowest BCUT2D eigenvalue weighted by molar-refractivity contribution is -0.141. The van der Waals surface area contributed by atoms with Gasteiger partial charge in [0.15, 0.2) is 12.3 Å². The lowest BCUT2D eigenvalue weighted by Gasteiger charge is -2.18. The number of anilines is 1. The largest absolute Gasteiger partial charge is 0.482 e. The van der Waals surface area contributed by atoms with Crippen molar-refractivity contribution in [2.75, 3.05) is 11.9 Å². The van der Waals surface area contributed by atoms with Crippen LogP contribution in [0.2, 0.25) is 5.02 Å². The molecule has 0 spiro atoms. The number of H-pyrrole nitrogens is 1. The van der Waals surface area contributed by atoms with Crippen LogP contribution in [0.1, 0.15) is 35.7 Å². The summed E-state index contributed by atoms with van der Waals surface area (Å²) in [7, 11) is 0.